The first-order chi connectivity index (χ1) is 28.5. The van der Waals surface area contributed by atoms with E-state index in [1.54, 1.807) is 0 Å². The number of amides is 1. The summed E-state index contributed by atoms with van der Waals surface area (Å²) in [5.74, 6) is -0.595. The minimum Gasteiger partial charge on any atom is -0.394 e. The maximum Gasteiger partial charge on any atom is 0.249 e. The van der Waals surface area contributed by atoms with Gasteiger partial charge in [-0.25, -0.2) is 0 Å². The fraction of sp³-hybridized carbons (Fsp3) is 0.904. The number of carbonyl (C=O) groups excluding carboxylic acids is 1. The molecule has 5 N–H and O–H groups in total. The topological polar surface area (TPSA) is 110 Å². The Bertz CT molecular complexity index is 878. The lowest BCUT2D eigenvalue weighted by Crippen LogP contribution is -2.53. The molecule has 0 aliphatic rings. The summed E-state index contributed by atoms with van der Waals surface area (Å²) >= 11 is 0. The number of carbonyl (C=O) groups is 1. The number of aliphatic hydroxyl groups excluding tert-OH is 4. The van der Waals surface area contributed by atoms with Crippen molar-refractivity contribution in [3.63, 3.8) is 0 Å². The summed E-state index contributed by atoms with van der Waals surface area (Å²) in [6.07, 6.45) is 55.1. The van der Waals surface area contributed by atoms with E-state index in [9.17, 15) is 25.2 Å². The lowest BCUT2D eigenvalue weighted by molar-refractivity contribution is -0.132. The summed E-state index contributed by atoms with van der Waals surface area (Å²) in [5.41, 5.74) is 0. The van der Waals surface area contributed by atoms with Crippen molar-refractivity contribution in [1.82, 2.24) is 5.32 Å². The molecule has 0 aromatic rings. The monoisotopic (exact) mass is 820 g/mol. The van der Waals surface area contributed by atoms with Crippen LogP contribution in [0, 0.1) is 0 Å². The highest BCUT2D eigenvalue weighted by molar-refractivity contribution is 5.80. The summed E-state index contributed by atoms with van der Waals surface area (Å²) < 4.78 is 0. The van der Waals surface area contributed by atoms with Gasteiger partial charge in [0.2, 0.25) is 5.91 Å². The van der Waals surface area contributed by atoms with E-state index in [1.807, 2.05) is 0 Å². The van der Waals surface area contributed by atoms with Crippen LogP contribution in [0.4, 0.5) is 0 Å². The average Bonchev–Trinajstić information content (AvgIpc) is 3.23. The molecule has 1 amide bonds. The van der Waals surface area contributed by atoms with Gasteiger partial charge >= 0.3 is 0 Å². The van der Waals surface area contributed by atoms with Gasteiger partial charge in [-0.2, -0.15) is 0 Å². The molecule has 0 saturated carbocycles. The van der Waals surface area contributed by atoms with Crippen molar-refractivity contribution < 1.29 is 25.2 Å². The Hall–Kier alpha value is -1.21. The predicted octanol–water partition coefficient (Wildman–Crippen LogP) is 14.3. The van der Waals surface area contributed by atoms with Crippen LogP contribution < -0.4 is 5.32 Å². The fourth-order valence-corrected chi connectivity index (χ4v) is 8.05. The molecule has 0 fully saturated rings. The third-order valence-electron chi connectivity index (χ3n) is 12.1. The minimum atomic E-state index is -1.28. The molecule has 0 aliphatic carbocycles. The maximum absolute atomic E-state index is 12.6. The van der Waals surface area contributed by atoms with E-state index in [0.717, 1.165) is 44.9 Å². The quantitative estimate of drug-likeness (QED) is 0.0310. The van der Waals surface area contributed by atoms with Crippen LogP contribution in [0.2, 0.25) is 0 Å². The van der Waals surface area contributed by atoms with E-state index in [2.05, 4.69) is 43.5 Å². The van der Waals surface area contributed by atoms with E-state index in [-0.39, 0.29) is 0 Å². The molecule has 4 unspecified atom stereocenters. The Morgan fingerprint density at radius 2 is 0.707 bits per heavy atom. The van der Waals surface area contributed by atoms with Gasteiger partial charge in [-0.15, -0.1) is 0 Å². The van der Waals surface area contributed by atoms with Crippen LogP contribution in [0.25, 0.3) is 0 Å². The number of hydrogen-bond donors (Lipinski definition) is 5. The zero-order valence-corrected chi connectivity index (χ0v) is 38.8. The van der Waals surface area contributed by atoms with Gasteiger partial charge in [-0.1, -0.05) is 231 Å². The van der Waals surface area contributed by atoms with Gasteiger partial charge in [0.05, 0.1) is 18.8 Å². The smallest absolute Gasteiger partial charge is 0.249 e. The largest absolute Gasteiger partial charge is 0.394 e. The average molecular weight is 820 g/mol. The Morgan fingerprint density at radius 3 is 1.03 bits per heavy atom. The highest BCUT2D eigenvalue weighted by Crippen LogP contribution is 2.17. The number of hydrogen-bond acceptors (Lipinski definition) is 5. The zero-order valence-electron chi connectivity index (χ0n) is 38.8. The van der Waals surface area contributed by atoms with Gasteiger partial charge in [-0.3, -0.25) is 4.79 Å². The molecule has 0 radical (unpaired) electrons. The highest BCUT2D eigenvalue weighted by Gasteiger charge is 2.28. The highest BCUT2D eigenvalue weighted by atomic mass is 16.3. The van der Waals surface area contributed by atoms with E-state index in [4.69, 9.17) is 0 Å². The number of aliphatic hydroxyl groups is 4. The van der Waals surface area contributed by atoms with Crippen molar-refractivity contribution >= 4 is 5.91 Å². The van der Waals surface area contributed by atoms with Crippen molar-refractivity contribution in [3.8, 4) is 0 Å². The first kappa shape index (κ1) is 56.8. The third kappa shape index (κ3) is 40.2. The molecule has 344 valence electrons. The van der Waals surface area contributed by atoms with Crippen molar-refractivity contribution in [2.45, 2.75) is 295 Å². The lowest BCUT2D eigenvalue weighted by atomic mass is 10.00. The van der Waals surface area contributed by atoms with Crippen LogP contribution in [0.15, 0.2) is 24.3 Å². The number of rotatable bonds is 47. The summed E-state index contributed by atoms with van der Waals surface area (Å²) in [7, 11) is 0. The van der Waals surface area contributed by atoms with Crippen LogP contribution in [-0.4, -0.2) is 57.3 Å². The Morgan fingerprint density at radius 1 is 0.414 bits per heavy atom. The second kappa shape index (κ2) is 46.8. The normalized spacial score (nSPS) is 14.1. The molecular formula is C52H101NO5. The third-order valence-corrected chi connectivity index (χ3v) is 12.1. The van der Waals surface area contributed by atoms with Crippen LogP contribution >= 0.6 is 0 Å². The molecule has 6 nitrogen and oxygen atoms in total. The lowest BCUT2D eigenvalue weighted by Gasteiger charge is -2.27. The predicted molar refractivity (Wildman–Crippen MR) is 251 cm³/mol. The minimum absolute atomic E-state index is 0.357. The summed E-state index contributed by atoms with van der Waals surface area (Å²) in [5, 5.41) is 43.8. The molecule has 4 atom stereocenters. The van der Waals surface area contributed by atoms with E-state index < -0.39 is 36.9 Å². The Labute approximate surface area is 361 Å². The second-order valence-electron chi connectivity index (χ2n) is 17.9. The van der Waals surface area contributed by atoms with Gasteiger partial charge in [0, 0.05) is 0 Å². The van der Waals surface area contributed by atoms with Crippen molar-refractivity contribution in [3.05, 3.63) is 24.3 Å². The van der Waals surface area contributed by atoms with E-state index >= 15 is 0 Å². The number of unbranched alkanes of at least 4 members (excludes halogenated alkanes) is 34. The van der Waals surface area contributed by atoms with Crippen molar-refractivity contribution in [2.75, 3.05) is 6.61 Å². The molecule has 0 heterocycles. The first-order valence-corrected chi connectivity index (χ1v) is 25.7. The maximum atomic E-state index is 12.6. The van der Waals surface area contributed by atoms with Crippen molar-refractivity contribution in [1.29, 1.82) is 0 Å². The molecule has 0 saturated heterocycles. The molecule has 0 aromatic carbocycles. The molecule has 0 aromatic heterocycles. The Kier molecular flexibility index (Phi) is 45.9. The standard InChI is InChI=1S/C52H101NO5/c1-3-5-7-9-11-13-15-17-19-21-23-25-26-28-29-31-33-35-37-39-41-43-45-49(55)51(57)48(47-54)53-52(58)50(56)46-44-42-40-38-36-34-32-30-27-24-22-20-18-16-14-12-10-8-6-4-2/h27,30,37,39,48-51,54-57H,3-26,28-29,31-36,38,40-47H2,1-2H3,(H,53,58)/b30-27-,39-37+. The van der Waals surface area contributed by atoms with Crippen LogP contribution in [0.1, 0.15) is 271 Å². The molecule has 6 heteroatoms. The van der Waals surface area contributed by atoms with Crippen LogP contribution in [0.5, 0.6) is 0 Å². The van der Waals surface area contributed by atoms with Gasteiger partial charge in [-0.05, 0) is 64.2 Å². The fourth-order valence-electron chi connectivity index (χ4n) is 8.05. The number of allylic oxidation sites excluding steroid dienone is 4. The summed E-state index contributed by atoms with van der Waals surface area (Å²) in [6.45, 7) is 4.06. The van der Waals surface area contributed by atoms with E-state index in [1.165, 1.54) is 199 Å². The molecule has 58 heavy (non-hydrogen) atoms. The second-order valence-corrected chi connectivity index (χ2v) is 17.9. The first-order valence-electron chi connectivity index (χ1n) is 25.7. The summed E-state index contributed by atoms with van der Waals surface area (Å²) in [6, 6.07) is -1.00. The van der Waals surface area contributed by atoms with Gasteiger partial charge < -0.3 is 25.7 Å². The molecule has 0 rings (SSSR count). The zero-order chi connectivity index (χ0) is 42.4. The molecule has 0 bridgehead atoms. The Balaban J connectivity index is 3.71. The molecule has 0 spiro atoms. The number of nitrogens with one attached hydrogen (secondary N) is 1. The SMILES string of the molecule is CCCCCCCCCCCC/C=C\CCCCCCCCC(O)C(=O)NC(CO)C(O)C(O)CCC/C=C/CCCCCCCCCCCCCCCCCCC. The van der Waals surface area contributed by atoms with E-state index in [0.29, 0.717) is 12.8 Å². The molecule has 0 aliphatic heterocycles. The summed E-state index contributed by atoms with van der Waals surface area (Å²) in [4.78, 5) is 12.6. The van der Waals surface area contributed by atoms with Gasteiger partial charge in [0.25, 0.3) is 0 Å². The van der Waals surface area contributed by atoms with Crippen LogP contribution in [-0.2, 0) is 4.79 Å². The van der Waals surface area contributed by atoms with Gasteiger partial charge in [0.15, 0.2) is 0 Å². The van der Waals surface area contributed by atoms with Crippen LogP contribution in [0.3, 0.4) is 0 Å². The molecular weight excluding hydrogens is 719 g/mol. The van der Waals surface area contributed by atoms with Gasteiger partial charge in [0.1, 0.15) is 12.2 Å². The van der Waals surface area contributed by atoms with Crippen molar-refractivity contribution in [2.24, 2.45) is 0 Å².